The molecule has 114 valence electrons. The van der Waals surface area contributed by atoms with Crippen LogP contribution in [0.15, 0.2) is 30.3 Å². The molecule has 0 radical (unpaired) electrons. The van der Waals surface area contributed by atoms with Crippen molar-refractivity contribution in [2.45, 2.75) is 52.1 Å². The highest BCUT2D eigenvalue weighted by molar-refractivity contribution is 6.22. The Morgan fingerprint density at radius 1 is 1.14 bits per heavy atom. The second-order valence-electron chi connectivity index (χ2n) is 6.20. The minimum atomic E-state index is -0.389. The highest BCUT2D eigenvalue weighted by Crippen LogP contribution is 2.23. The number of benzene rings is 1. The predicted molar refractivity (Wildman–Crippen MR) is 84.0 cm³/mol. The summed E-state index contributed by atoms with van der Waals surface area (Å²) >= 11 is 0. The summed E-state index contributed by atoms with van der Waals surface area (Å²) in [5, 5.41) is 3.30. The average Bonchev–Trinajstić information content (AvgIpc) is 2.72. The molecule has 1 aliphatic rings. The Hall–Kier alpha value is -1.68. The van der Waals surface area contributed by atoms with Crippen molar-refractivity contribution in [2.24, 2.45) is 5.92 Å². The molecular formula is C17H24N2O2. The zero-order valence-corrected chi connectivity index (χ0v) is 13.0. The smallest absolute Gasteiger partial charge is 0.251 e. The van der Waals surface area contributed by atoms with Gasteiger partial charge in [0.1, 0.15) is 0 Å². The summed E-state index contributed by atoms with van der Waals surface area (Å²) in [6.45, 7) is 6.45. The van der Waals surface area contributed by atoms with Crippen LogP contribution in [0.25, 0.3) is 0 Å². The molecule has 1 aromatic rings. The van der Waals surface area contributed by atoms with Crippen molar-refractivity contribution in [3.05, 3.63) is 30.3 Å². The summed E-state index contributed by atoms with van der Waals surface area (Å²) in [7, 11) is 0. The molecule has 1 aromatic carbocycles. The standard InChI is InChI=1S/C17H24N2O2/c1-12(2)9-10-13(3)18-15-11-16(20)19(17(15)21)14-7-5-4-6-8-14/h4-8,12-13,15,18H,9-11H2,1-3H3. The van der Waals surface area contributed by atoms with E-state index in [2.05, 4.69) is 26.1 Å². The van der Waals surface area contributed by atoms with Gasteiger partial charge in [-0.3, -0.25) is 9.59 Å². The number of hydrogen-bond acceptors (Lipinski definition) is 3. The monoisotopic (exact) mass is 288 g/mol. The van der Waals surface area contributed by atoms with E-state index in [-0.39, 0.29) is 30.3 Å². The minimum Gasteiger partial charge on any atom is -0.303 e. The average molecular weight is 288 g/mol. The molecule has 1 fully saturated rings. The number of nitrogens with zero attached hydrogens (tertiary/aromatic N) is 1. The number of para-hydroxylation sites is 1. The van der Waals surface area contributed by atoms with Gasteiger partial charge >= 0.3 is 0 Å². The van der Waals surface area contributed by atoms with Gasteiger partial charge in [-0.05, 0) is 37.8 Å². The van der Waals surface area contributed by atoms with Gasteiger partial charge in [-0.2, -0.15) is 0 Å². The quantitative estimate of drug-likeness (QED) is 0.819. The molecule has 0 bridgehead atoms. The topological polar surface area (TPSA) is 49.4 Å². The number of rotatable bonds is 6. The van der Waals surface area contributed by atoms with E-state index in [0.717, 1.165) is 12.8 Å². The van der Waals surface area contributed by atoms with Crippen molar-refractivity contribution in [1.82, 2.24) is 5.32 Å². The summed E-state index contributed by atoms with van der Waals surface area (Å²) in [4.78, 5) is 25.8. The second-order valence-corrected chi connectivity index (χ2v) is 6.20. The zero-order chi connectivity index (χ0) is 15.4. The molecule has 2 rings (SSSR count). The number of imide groups is 1. The molecule has 4 nitrogen and oxygen atoms in total. The van der Waals surface area contributed by atoms with Crippen LogP contribution in [-0.4, -0.2) is 23.9 Å². The predicted octanol–water partition coefficient (Wildman–Crippen LogP) is 2.73. The first-order valence-electron chi connectivity index (χ1n) is 7.67. The third-order valence-electron chi connectivity index (χ3n) is 3.82. The van der Waals surface area contributed by atoms with Crippen LogP contribution >= 0.6 is 0 Å². The largest absolute Gasteiger partial charge is 0.303 e. The normalized spacial score (nSPS) is 20.4. The van der Waals surface area contributed by atoms with Gasteiger partial charge in [0.2, 0.25) is 5.91 Å². The lowest BCUT2D eigenvalue weighted by Crippen LogP contribution is -2.42. The number of hydrogen-bond donors (Lipinski definition) is 1. The van der Waals surface area contributed by atoms with Gasteiger partial charge in [0.15, 0.2) is 0 Å². The van der Waals surface area contributed by atoms with Crippen LogP contribution in [0.3, 0.4) is 0 Å². The lowest BCUT2D eigenvalue weighted by molar-refractivity contribution is -0.121. The van der Waals surface area contributed by atoms with E-state index in [1.165, 1.54) is 4.90 Å². The van der Waals surface area contributed by atoms with E-state index in [0.29, 0.717) is 11.6 Å². The van der Waals surface area contributed by atoms with Crippen LogP contribution in [-0.2, 0) is 9.59 Å². The van der Waals surface area contributed by atoms with Crippen molar-refractivity contribution < 1.29 is 9.59 Å². The maximum absolute atomic E-state index is 12.4. The number of anilines is 1. The lowest BCUT2D eigenvalue weighted by Gasteiger charge is -2.19. The molecule has 2 amide bonds. The van der Waals surface area contributed by atoms with Crippen LogP contribution in [0.1, 0.15) is 40.0 Å². The van der Waals surface area contributed by atoms with E-state index in [1.54, 1.807) is 12.1 Å². The van der Waals surface area contributed by atoms with Gasteiger partial charge in [-0.15, -0.1) is 0 Å². The van der Waals surface area contributed by atoms with Gasteiger partial charge in [0, 0.05) is 6.04 Å². The van der Waals surface area contributed by atoms with Crippen molar-refractivity contribution in [2.75, 3.05) is 4.90 Å². The molecule has 1 heterocycles. The van der Waals surface area contributed by atoms with Gasteiger partial charge in [0.05, 0.1) is 18.2 Å². The highest BCUT2D eigenvalue weighted by atomic mass is 16.2. The fourth-order valence-corrected chi connectivity index (χ4v) is 2.62. The molecule has 1 aliphatic heterocycles. The van der Waals surface area contributed by atoms with Gasteiger partial charge in [-0.25, -0.2) is 4.90 Å². The summed E-state index contributed by atoms with van der Waals surface area (Å²) in [6, 6.07) is 8.98. The van der Waals surface area contributed by atoms with E-state index in [1.807, 2.05) is 18.2 Å². The molecule has 2 atom stereocenters. The first-order chi connectivity index (χ1) is 9.99. The molecule has 21 heavy (non-hydrogen) atoms. The number of carbonyl (C=O) groups excluding carboxylic acids is 2. The van der Waals surface area contributed by atoms with Crippen molar-refractivity contribution in [3.63, 3.8) is 0 Å². The zero-order valence-electron chi connectivity index (χ0n) is 13.0. The summed E-state index contributed by atoms with van der Waals surface area (Å²) in [6.07, 6.45) is 2.38. The van der Waals surface area contributed by atoms with Crippen molar-refractivity contribution in [1.29, 1.82) is 0 Å². The van der Waals surface area contributed by atoms with Crippen LogP contribution < -0.4 is 10.2 Å². The third-order valence-corrected chi connectivity index (χ3v) is 3.82. The minimum absolute atomic E-state index is 0.125. The fraction of sp³-hybridized carbons (Fsp3) is 0.529. The molecule has 0 saturated carbocycles. The number of nitrogens with one attached hydrogen (secondary N) is 1. The summed E-state index contributed by atoms with van der Waals surface area (Å²) in [5.41, 5.74) is 0.659. The van der Waals surface area contributed by atoms with E-state index in [9.17, 15) is 9.59 Å². The van der Waals surface area contributed by atoms with Crippen LogP contribution in [0.4, 0.5) is 5.69 Å². The number of carbonyl (C=O) groups is 2. The molecular weight excluding hydrogens is 264 g/mol. The van der Waals surface area contributed by atoms with Gasteiger partial charge in [0.25, 0.3) is 5.91 Å². The van der Waals surface area contributed by atoms with E-state index in [4.69, 9.17) is 0 Å². The van der Waals surface area contributed by atoms with Crippen molar-refractivity contribution in [3.8, 4) is 0 Å². The van der Waals surface area contributed by atoms with Crippen molar-refractivity contribution >= 4 is 17.5 Å². The molecule has 0 aromatic heterocycles. The summed E-state index contributed by atoms with van der Waals surface area (Å²) in [5.74, 6) is 0.387. The van der Waals surface area contributed by atoms with Crippen LogP contribution in [0.2, 0.25) is 0 Å². The van der Waals surface area contributed by atoms with Crippen LogP contribution in [0, 0.1) is 5.92 Å². The van der Waals surface area contributed by atoms with Gasteiger partial charge < -0.3 is 5.32 Å². The summed E-state index contributed by atoms with van der Waals surface area (Å²) < 4.78 is 0. The Balaban J connectivity index is 1.98. The van der Waals surface area contributed by atoms with Gasteiger partial charge in [-0.1, -0.05) is 32.0 Å². The Kier molecular flexibility index (Phi) is 5.12. The molecule has 1 N–H and O–H groups in total. The Morgan fingerprint density at radius 2 is 1.81 bits per heavy atom. The molecule has 4 heteroatoms. The lowest BCUT2D eigenvalue weighted by atomic mass is 10.0. The first-order valence-corrected chi connectivity index (χ1v) is 7.67. The maximum Gasteiger partial charge on any atom is 0.251 e. The Morgan fingerprint density at radius 3 is 2.43 bits per heavy atom. The molecule has 1 saturated heterocycles. The molecule has 0 aliphatic carbocycles. The van der Waals surface area contributed by atoms with E-state index < -0.39 is 0 Å². The maximum atomic E-state index is 12.4. The highest BCUT2D eigenvalue weighted by Gasteiger charge is 2.39. The van der Waals surface area contributed by atoms with E-state index >= 15 is 0 Å². The fourth-order valence-electron chi connectivity index (χ4n) is 2.62. The molecule has 2 unspecified atom stereocenters. The third kappa shape index (κ3) is 3.91. The second kappa shape index (κ2) is 6.85. The Labute approximate surface area is 126 Å². The SMILES string of the molecule is CC(C)CCC(C)NC1CC(=O)N(c2ccccc2)C1=O. The molecule has 0 spiro atoms. The number of amides is 2. The Bertz CT molecular complexity index is 499. The first kappa shape index (κ1) is 15.7. The van der Waals surface area contributed by atoms with Crippen LogP contribution in [0.5, 0.6) is 0 Å².